The summed E-state index contributed by atoms with van der Waals surface area (Å²) in [5.74, 6) is 0. The van der Waals surface area contributed by atoms with Gasteiger partial charge < -0.3 is 10.2 Å². The van der Waals surface area contributed by atoms with Gasteiger partial charge in [0, 0.05) is 41.3 Å². The Labute approximate surface area is 125 Å². The van der Waals surface area contributed by atoms with Gasteiger partial charge in [0.2, 0.25) is 0 Å². The molecule has 0 saturated heterocycles. The molecule has 0 saturated carbocycles. The van der Waals surface area contributed by atoms with E-state index in [0.29, 0.717) is 12.1 Å². The number of hydrogen-bond donors (Lipinski definition) is 1. The Hall–Kier alpha value is -1.39. The maximum absolute atomic E-state index is 3.61. The zero-order chi connectivity index (χ0) is 14.3. The van der Waals surface area contributed by atoms with Gasteiger partial charge in [0.1, 0.15) is 0 Å². The van der Waals surface area contributed by atoms with Crippen molar-refractivity contribution in [1.82, 2.24) is 4.90 Å². The third-order valence-electron chi connectivity index (χ3n) is 3.76. The molecule has 2 atom stereocenters. The number of hydrogen-bond acceptors (Lipinski definition) is 4. The van der Waals surface area contributed by atoms with E-state index in [4.69, 9.17) is 0 Å². The molecule has 0 aromatic heterocycles. The number of thioether (sulfide) groups is 1. The minimum atomic E-state index is 0.328. The van der Waals surface area contributed by atoms with Gasteiger partial charge >= 0.3 is 0 Å². The first-order valence-electron chi connectivity index (χ1n) is 6.87. The second-order valence-electron chi connectivity index (χ2n) is 5.71. The monoisotopic (exact) mass is 287 g/mol. The summed E-state index contributed by atoms with van der Waals surface area (Å²) in [6.07, 6.45) is 6.89. The summed E-state index contributed by atoms with van der Waals surface area (Å²) in [5.41, 5.74) is 2.48. The number of fused-ring (bicyclic) bond motifs is 2. The molecule has 0 bridgehead atoms. The summed E-state index contributed by atoms with van der Waals surface area (Å²) < 4.78 is 0. The van der Waals surface area contributed by atoms with Gasteiger partial charge in [-0.05, 0) is 32.3 Å². The Kier molecular flexibility index (Phi) is 3.52. The van der Waals surface area contributed by atoms with E-state index in [-0.39, 0.29) is 0 Å². The van der Waals surface area contributed by atoms with Crippen LogP contribution in [0.15, 0.2) is 46.2 Å². The quantitative estimate of drug-likeness (QED) is 0.842. The van der Waals surface area contributed by atoms with Crippen LogP contribution in [0.4, 0.5) is 11.4 Å². The standard InChI is InChI=1S/C16H21N3S/c1-18(2)11-5-7-13-15(9-11)20-16-10-12(19(3)4)6-8-14(16)17-13/h5-11,13,17H,1-4H3. The summed E-state index contributed by atoms with van der Waals surface area (Å²) in [5, 5.41) is 3.61. The minimum absolute atomic E-state index is 0.328. The summed E-state index contributed by atoms with van der Waals surface area (Å²) in [6, 6.07) is 7.33. The van der Waals surface area contributed by atoms with Gasteiger partial charge in [-0.3, -0.25) is 4.90 Å². The van der Waals surface area contributed by atoms with Crippen molar-refractivity contribution in [3.05, 3.63) is 41.3 Å². The lowest BCUT2D eigenvalue weighted by Crippen LogP contribution is -2.31. The molecule has 3 nitrogen and oxygen atoms in total. The van der Waals surface area contributed by atoms with Crippen LogP contribution < -0.4 is 10.2 Å². The molecule has 20 heavy (non-hydrogen) atoms. The summed E-state index contributed by atoms with van der Waals surface area (Å²) in [7, 11) is 8.39. The predicted octanol–water partition coefficient (Wildman–Crippen LogP) is 3.02. The lowest BCUT2D eigenvalue weighted by atomic mass is 10.1. The molecule has 0 fully saturated rings. The molecule has 1 N–H and O–H groups in total. The molecule has 1 aromatic rings. The molecule has 0 radical (unpaired) electrons. The van der Waals surface area contributed by atoms with Crippen LogP contribution in [0.3, 0.4) is 0 Å². The van der Waals surface area contributed by atoms with Crippen LogP contribution >= 0.6 is 11.8 Å². The van der Waals surface area contributed by atoms with Gasteiger partial charge in [-0.25, -0.2) is 0 Å². The highest BCUT2D eigenvalue weighted by Gasteiger charge is 2.25. The van der Waals surface area contributed by atoms with E-state index < -0.39 is 0 Å². The third kappa shape index (κ3) is 2.45. The van der Waals surface area contributed by atoms with Crippen LogP contribution in [0, 0.1) is 0 Å². The Morgan fingerprint density at radius 3 is 2.60 bits per heavy atom. The molecular weight excluding hydrogens is 266 g/mol. The van der Waals surface area contributed by atoms with Gasteiger partial charge in [-0.1, -0.05) is 30.0 Å². The Bertz CT molecular complexity index is 575. The van der Waals surface area contributed by atoms with E-state index in [2.05, 4.69) is 79.7 Å². The molecule has 0 spiro atoms. The molecule has 0 amide bonds. The molecule has 1 aliphatic carbocycles. The SMILES string of the molecule is CN(C)c1ccc2c(c1)SC1=CC(N(C)C)C=CC1N2. The van der Waals surface area contributed by atoms with Gasteiger partial charge in [-0.15, -0.1) is 0 Å². The second-order valence-corrected chi connectivity index (χ2v) is 6.82. The van der Waals surface area contributed by atoms with Crippen molar-refractivity contribution in [1.29, 1.82) is 0 Å². The van der Waals surface area contributed by atoms with Crippen LogP contribution in [0.2, 0.25) is 0 Å². The number of benzene rings is 1. The van der Waals surface area contributed by atoms with Gasteiger partial charge in [0.05, 0.1) is 6.04 Å². The predicted molar refractivity (Wildman–Crippen MR) is 88.7 cm³/mol. The largest absolute Gasteiger partial charge is 0.378 e. The third-order valence-corrected chi connectivity index (χ3v) is 4.94. The van der Waals surface area contributed by atoms with E-state index in [1.54, 1.807) is 0 Å². The molecule has 3 rings (SSSR count). The highest BCUT2D eigenvalue weighted by Crippen LogP contribution is 2.43. The van der Waals surface area contributed by atoms with E-state index >= 15 is 0 Å². The lowest BCUT2D eigenvalue weighted by molar-refractivity contribution is 0.388. The fourth-order valence-electron chi connectivity index (χ4n) is 2.47. The first-order valence-corrected chi connectivity index (χ1v) is 7.68. The highest BCUT2D eigenvalue weighted by atomic mass is 32.2. The Balaban J connectivity index is 1.92. The maximum atomic E-state index is 3.61. The zero-order valence-electron chi connectivity index (χ0n) is 12.4. The van der Waals surface area contributed by atoms with E-state index in [9.17, 15) is 0 Å². The number of likely N-dealkylation sites (N-methyl/N-ethyl adjacent to an activating group) is 1. The highest BCUT2D eigenvalue weighted by molar-refractivity contribution is 8.03. The van der Waals surface area contributed by atoms with Crippen molar-refractivity contribution in [2.24, 2.45) is 0 Å². The van der Waals surface area contributed by atoms with Gasteiger partial charge in [0.25, 0.3) is 0 Å². The van der Waals surface area contributed by atoms with Crippen LogP contribution in [0.1, 0.15) is 0 Å². The summed E-state index contributed by atoms with van der Waals surface area (Å²) in [6.45, 7) is 0. The Morgan fingerprint density at radius 2 is 1.90 bits per heavy atom. The van der Waals surface area contributed by atoms with Crippen molar-refractivity contribution in [2.75, 3.05) is 38.4 Å². The van der Waals surface area contributed by atoms with Crippen molar-refractivity contribution in [3.63, 3.8) is 0 Å². The average Bonchev–Trinajstić information content (AvgIpc) is 2.43. The Morgan fingerprint density at radius 1 is 1.10 bits per heavy atom. The molecule has 1 heterocycles. The van der Waals surface area contributed by atoms with Crippen LogP contribution in [0.25, 0.3) is 0 Å². The first-order chi connectivity index (χ1) is 9.54. The van der Waals surface area contributed by atoms with Crippen molar-refractivity contribution >= 4 is 23.1 Å². The summed E-state index contributed by atoms with van der Waals surface area (Å²) >= 11 is 1.89. The number of rotatable bonds is 2. The number of nitrogens with one attached hydrogen (secondary N) is 1. The molecule has 106 valence electrons. The zero-order valence-corrected chi connectivity index (χ0v) is 13.2. The molecular formula is C16H21N3S. The van der Waals surface area contributed by atoms with Crippen molar-refractivity contribution in [2.45, 2.75) is 17.0 Å². The molecule has 4 heteroatoms. The molecule has 2 aliphatic rings. The van der Waals surface area contributed by atoms with E-state index in [1.165, 1.54) is 21.2 Å². The van der Waals surface area contributed by atoms with Crippen molar-refractivity contribution in [3.8, 4) is 0 Å². The fourth-order valence-corrected chi connectivity index (χ4v) is 3.62. The maximum Gasteiger partial charge on any atom is 0.0758 e. The van der Waals surface area contributed by atoms with Crippen LogP contribution in [0.5, 0.6) is 0 Å². The molecule has 1 aromatic carbocycles. The smallest absolute Gasteiger partial charge is 0.0758 e. The van der Waals surface area contributed by atoms with E-state index in [0.717, 1.165) is 0 Å². The molecule has 2 unspecified atom stereocenters. The first kappa shape index (κ1) is 13.6. The van der Waals surface area contributed by atoms with Crippen molar-refractivity contribution < 1.29 is 0 Å². The van der Waals surface area contributed by atoms with Crippen LogP contribution in [-0.2, 0) is 0 Å². The van der Waals surface area contributed by atoms with E-state index in [1.807, 2.05) is 11.8 Å². The minimum Gasteiger partial charge on any atom is -0.378 e. The van der Waals surface area contributed by atoms with Crippen LogP contribution in [-0.4, -0.2) is 45.2 Å². The van der Waals surface area contributed by atoms with Gasteiger partial charge in [-0.2, -0.15) is 0 Å². The number of anilines is 2. The fraction of sp³-hybridized carbons (Fsp3) is 0.375. The normalized spacial score (nSPS) is 23.8. The second kappa shape index (κ2) is 5.19. The molecule has 1 aliphatic heterocycles. The lowest BCUT2D eigenvalue weighted by Gasteiger charge is -2.32. The topological polar surface area (TPSA) is 18.5 Å². The average molecular weight is 287 g/mol. The summed E-state index contributed by atoms with van der Waals surface area (Å²) in [4.78, 5) is 7.08. The number of nitrogens with zero attached hydrogens (tertiary/aromatic N) is 2. The van der Waals surface area contributed by atoms with Gasteiger partial charge in [0.15, 0.2) is 0 Å².